The molecule has 3 heterocycles. The molecule has 0 N–H and O–H groups in total. The number of hydrogen-bond donors (Lipinski definition) is 0. The number of rotatable bonds is 1. The van der Waals surface area contributed by atoms with Gasteiger partial charge in [-0.1, -0.05) is 24.3 Å². The van der Waals surface area contributed by atoms with E-state index in [4.69, 9.17) is 4.98 Å². The second-order valence-corrected chi connectivity index (χ2v) is 6.18. The lowest BCUT2D eigenvalue weighted by Gasteiger charge is -2.34. The van der Waals surface area contributed by atoms with Gasteiger partial charge in [0.25, 0.3) is 0 Å². The molecule has 4 rings (SSSR count). The van der Waals surface area contributed by atoms with Gasteiger partial charge in [0.2, 0.25) is 0 Å². The summed E-state index contributed by atoms with van der Waals surface area (Å²) in [5, 5.41) is 1.18. The van der Waals surface area contributed by atoms with E-state index in [1.54, 1.807) is 0 Å². The lowest BCUT2D eigenvalue weighted by Crippen LogP contribution is -2.30. The Labute approximate surface area is 117 Å². The van der Waals surface area contributed by atoms with E-state index in [0.29, 0.717) is 0 Å². The van der Waals surface area contributed by atoms with Crippen molar-refractivity contribution >= 4 is 27.1 Å². The molecule has 1 aromatic carbocycles. The third kappa shape index (κ3) is 1.89. The van der Waals surface area contributed by atoms with Crippen LogP contribution in [0, 0.1) is 0 Å². The summed E-state index contributed by atoms with van der Waals surface area (Å²) >= 11 is 1.81. The predicted octanol–water partition coefficient (Wildman–Crippen LogP) is 4.06. The van der Waals surface area contributed by atoms with Gasteiger partial charge in [-0.3, -0.25) is 0 Å². The van der Waals surface area contributed by atoms with Gasteiger partial charge in [-0.15, -0.1) is 11.3 Å². The fourth-order valence-corrected chi connectivity index (χ4v) is 3.98. The van der Waals surface area contributed by atoms with Crippen LogP contribution in [0.1, 0.15) is 24.3 Å². The topological polar surface area (TPSA) is 16.1 Å². The van der Waals surface area contributed by atoms with Crippen LogP contribution in [0.15, 0.2) is 42.1 Å². The summed E-state index contributed by atoms with van der Waals surface area (Å²) in [6.07, 6.45) is 8.39. The van der Waals surface area contributed by atoms with Crippen LogP contribution in [0.3, 0.4) is 0 Å². The van der Waals surface area contributed by atoms with Gasteiger partial charge in [-0.05, 0) is 31.4 Å². The molecule has 96 valence electrons. The van der Waals surface area contributed by atoms with E-state index in [0.717, 1.165) is 12.1 Å². The van der Waals surface area contributed by atoms with E-state index in [2.05, 4.69) is 41.3 Å². The minimum atomic E-state index is 1.07. The predicted molar refractivity (Wildman–Crippen MR) is 81.1 cm³/mol. The molecule has 0 radical (unpaired) electrons. The van der Waals surface area contributed by atoms with Crippen LogP contribution in [0.5, 0.6) is 0 Å². The van der Waals surface area contributed by atoms with Crippen molar-refractivity contribution in [3.8, 4) is 0 Å². The smallest absolute Gasteiger partial charge is 0.126 e. The average Bonchev–Trinajstić information content (AvgIpc) is 2.90. The number of piperidine rings is 1. The molecule has 0 amide bonds. The molecule has 2 aliphatic heterocycles. The standard InChI is InChI=1S/C16H16N2S/c1-2-9-15-13(7-1)17-16(19-15)12-6-5-11-18-10-4-3-8-14(12)18/h1-2,5-7,9H,3-4,8,10-11H2. The second kappa shape index (κ2) is 4.49. The van der Waals surface area contributed by atoms with Crippen molar-refractivity contribution in [3.63, 3.8) is 0 Å². The first kappa shape index (κ1) is 11.2. The summed E-state index contributed by atoms with van der Waals surface area (Å²) in [5.41, 5.74) is 3.98. The fourth-order valence-electron chi connectivity index (χ4n) is 2.97. The molecule has 19 heavy (non-hydrogen) atoms. The van der Waals surface area contributed by atoms with E-state index >= 15 is 0 Å². The van der Waals surface area contributed by atoms with Crippen molar-refractivity contribution in [2.45, 2.75) is 19.3 Å². The molecule has 3 heteroatoms. The van der Waals surface area contributed by atoms with E-state index in [-0.39, 0.29) is 0 Å². The Morgan fingerprint density at radius 2 is 2.11 bits per heavy atom. The first-order chi connectivity index (χ1) is 9.42. The molecule has 0 atom stereocenters. The molecular weight excluding hydrogens is 252 g/mol. The maximum atomic E-state index is 4.81. The summed E-state index contributed by atoms with van der Waals surface area (Å²) in [4.78, 5) is 7.33. The zero-order valence-electron chi connectivity index (χ0n) is 10.8. The van der Waals surface area contributed by atoms with Crippen LogP contribution >= 0.6 is 11.3 Å². The van der Waals surface area contributed by atoms with E-state index in [1.807, 2.05) is 11.3 Å². The largest absolute Gasteiger partial charge is 0.371 e. The Bertz CT molecular complexity index is 648. The number of allylic oxidation sites excluding steroid dienone is 3. The number of thiazole rings is 1. The normalized spacial score (nSPS) is 19.1. The van der Waals surface area contributed by atoms with Crippen LogP contribution in [0.4, 0.5) is 0 Å². The van der Waals surface area contributed by atoms with Crippen LogP contribution < -0.4 is 0 Å². The maximum absolute atomic E-state index is 4.81. The van der Waals surface area contributed by atoms with Gasteiger partial charge >= 0.3 is 0 Å². The Balaban J connectivity index is 1.85. The zero-order valence-corrected chi connectivity index (χ0v) is 11.6. The third-order valence-corrected chi connectivity index (χ3v) is 4.99. The molecule has 1 aromatic heterocycles. The highest BCUT2D eigenvalue weighted by Crippen LogP contribution is 2.35. The van der Waals surface area contributed by atoms with Crippen molar-refractivity contribution in [1.82, 2.24) is 9.88 Å². The SMILES string of the molecule is C1=CC(c2nc3ccccc3s2)=C2CCCCN2C1. The summed E-state index contributed by atoms with van der Waals surface area (Å²) < 4.78 is 1.28. The van der Waals surface area contributed by atoms with E-state index in [1.165, 1.54) is 46.8 Å². The van der Waals surface area contributed by atoms with Crippen LogP contribution in [0.25, 0.3) is 15.8 Å². The summed E-state index contributed by atoms with van der Waals surface area (Å²) in [6, 6.07) is 8.41. The monoisotopic (exact) mass is 268 g/mol. The number of benzene rings is 1. The summed E-state index contributed by atoms with van der Waals surface area (Å²) in [5.74, 6) is 0. The number of fused-ring (bicyclic) bond motifs is 2. The van der Waals surface area contributed by atoms with Gasteiger partial charge in [-0.2, -0.15) is 0 Å². The second-order valence-electron chi connectivity index (χ2n) is 5.15. The van der Waals surface area contributed by atoms with Gasteiger partial charge in [0.1, 0.15) is 5.01 Å². The molecule has 2 aliphatic rings. The highest BCUT2D eigenvalue weighted by Gasteiger charge is 2.22. The van der Waals surface area contributed by atoms with Gasteiger partial charge in [-0.25, -0.2) is 4.98 Å². The minimum absolute atomic E-state index is 1.07. The number of nitrogens with zero attached hydrogens (tertiary/aromatic N) is 2. The van der Waals surface area contributed by atoms with Gasteiger partial charge in [0.15, 0.2) is 0 Å². The first-order valence-electron chi connectivity index (χ1n) is 6.92. The molecule has 2 aromatic rings. The van der Waals surface area contributed by atoms with Crippen molar-refractivity contribution in [1.29, 1.82) is 0 Å². The van der Waals surface area contributed by atoms with E-state index in [9.17, 15) is 0 Å². The molecule has 0 aliphatic carbocycles. The Hall–Kier alpha value is -1.61. The average molecular weight is 268 g/mol. The van der Waals surface area contributed by atoms with Gasteiger partial charge in [0.05, 0.1) is 10.2 Å². The van der Waals surface area contributed by atoms with Crippen molar-refractivity contribution in [2.24, 2.45) is 0 Å². The van der Waals surface area contributed by atoms with Gasteiger partial charge in [0, 0.05) is 24.4 Å². The molecule has 1 saturated heterocycles. The fraction of sp³-hybridized carbons (Fsp3) is 0.312. The van der Waals surface area contributed by atoms with Crippen LogP contribution in [-0.4, -0.2) is 23.0 Å². The minimum Gasteiger partial charge on any atom is -0.371 e. The van der Waals surface area contributed by atoms with Crippen molar-refractivity contribution in [2.75, 3.05) is 13.1 Å². The molecule has 0 unspecified atom stereocenters. The van der Waals surface area contributed by atoms with Crippen molar-refractivity contribution < 1.29 is 0 Å². The molecule has 0 bridgehead atoms. The lowest BCUT2D eigenvalue weighted by atomic mass is 9.99. The third-order valence-electron chi connectivity index (χ3n) is 3.92. The number of para-hydroxylation sites is 1. The van der Waals surface area contributed by atoms with Crippen LogP contribution in [-0.2, 0) is 0 Å². The van der Waals surface area contributed by atoms with Gasteiger partial charge < -0.3 is 4.90 Å². The first-order valence-corrected chi connectivity index (χ1v) is 7.74. The molecule has 2 nitrogen and oxygen atoms in total. The Morgan fingerprint density at radius 3 is 3.05 bits per heavy atom. The number of hydrogen-bond acceptors (Lipinski definition) is 3. The number of aromatic nitrogens is 1. The summed E-state index contributed by atoms with van der Waals surface area (Å²) in [7, 11) is 0. The molecule has 1 fully saturated rings. The quantitative estimate of drug-likeness (QED) is 0.775. The molecule has 0 saturated carbocycles. The van der Waals surface area contributed by atoms with Crippen molar-refractivity contribution in [3.05, 3.63) is 47.1 Å². The molecular formula is C16H16N2S. The summed E-state index contributed by atoms with van der Waals surface area (Å²) in [6.45, 7) is 2.28. The maximum Gasteiger partial charge on any atom is 0.126 e. The van der Waals surface area contributed by atoms with E-state index < -0.39 is 0 Å². The Kier molecular flexibility index (Phi) is 2.66. The van der Waals surface area contributed by atoms with Crippen LogP contribution in [0.2, 0.25) is 0 Å². The highest BCUT2D eigenvalue weighted by atomic mass is 32.1. The Morgan fingerprint density at radius 1 is 1.16 bits per heavy atom. The zero-order chi connectivity index (χ0) is 12.7. The molecule has 0 spiro atoms. The highest BCUT2D eigenvalue weighted by molar-refractivity contribution is 7.19. The lowest BCUT2D eigenvalue weighted by molar-refractivity contribution is 0.316.